The van der Waals surface area contributed by atoms with Crippen molar-refractivity contribution in [2.45, 2.75) is 6.29 Å². The molecule has 18 heavy (non-hydrogen) atoms. The van der Waals surface area contributed by atoms with Crippen LogP contribution in [-0.2, 0) is 10.9 Å². The molecule has 0 N–H and O–H groups in total. The van der Waals surface area contributed by atoms with Crippen molar-refractivity contribution >= 4 is 28.9 Å². The molecule has 0 fully saturated rings. The van der Waals surface area contributed by atoms with Gasteiger partial charge in [-0.2, -0.15) is 0 Å². The normalized spacial score (nSPS) is 12.3. The van der Waals surface area contributed by atoms with Gasteiger partial charge in [-0.05, 0) is 25.5 Å². The highest BCUT2D eigenvalue weighted by atomic mass is 31.2. The van der Waals surface area contributed by atoms with E-state index in [1.54, 1.807) is 0 Å². The third-order valence-corrected chi connectivity index (χ3v) is 4.13. The second kappa shape index (κ2) is 4.00. The number of nitrogens with zero attached hydrogens (tertiary/aromatic N) is 1. The van der Waals surface area contributed by atoms with E-state index >= 15 is 0 Å². The fourth-order valence-corrected chi connectivity index (χ4v) is 3.48. The van der Waals surface area contributed by atoms with Gasteiger partial charge in [0.15, 0.2) is 0 Å². The molecule has 0 atom stereocenters. The summed E-state index contributed by atoms with van der Waals surface area (Å²) in [5.74, 6) is 0. The molecule has 92 valence electrons. The van der Waals surface area contributed by atoms with Crippen LogP contribution in [0.1, 0.15) is 0 Å². The molecule has 0 radical (unpaired) electrons. The Labute approximate surface area is 107 Å². The second-order valence-electron chi connectivity index (χ2n) is 5.18. The van der Waals surface area contributed by atoms with Gasteiger partial charge in [-0.25, -0.2) is 0 Å². The summed E-state index contributed by atoms with van der Waals surface area (Å²) in [6.07, 6.45) is 0.598. The molecule has 0 bridgehead atoms. The van der Waals surface area contributed by atoms with E-state index < -0.39 is 7.14 Å². The summed E-state index contributed by atoms with van der Waals surface area (Å²) in [5.41, 5.74) is 2.34. The summed E-state index contributed by atoms with van der Waals surface area (Å²) in [6.45, 7) is 3.69. The maximum Gasteiger partial charge on any atom is 0.101 e. The van der Waals surface area contributed by atoms with E-state index in [1.807, 2.05) is 25.5 Å². The first kappa shape index (κ1) is 11.6. The van der Waals surface area contributed by atoms with Gasteiger partial charge in [-0.15, -0.1) is 0 Å². The number of aromatic nitrogens is 1. The largest absolute Gasteiger partial charge is 0.333 e. The Bertz CT molecular complexity index is 713. The number of rotatable bonds is 2. The van der Waals surface area contributed by atoms with Crippen molar-refractivity contribution in [3.05, 3.63) is 48.5 Å². The fraction of sp³-hybridized carbons (Fsp3) is 0.200. The number of fused-ring (bicyclic) bond motifs is 3. The van der Waals surface area contributed by atoms with Crippen molar-refractivity contribution < 1.29 is 4.57 Å². The van der Waals surface area contributed by atoms with Gasteiger partial charge in [0.25, 0.3) is 0 Å². The summed E-state index contributed by atoms with van der Waals surface area (Å²) < 4.78 is 14.3. The van der Waals surface area contributed by atoms with E-state index in [-0.39, 0.29) is 0 Å². The zero-order valence-corrected chi connectivity index (χ0v) is 11.5. The van der Waals surface area contributed by atoms with Crippen LogP contribution in [0.15, 0.2) is 48.5 Å². The van der Waals surface area contributed by atoms with E-state index in [2.05, 4.69) is 41.0 Å². The Morgan fingerprint density at radius 2 is 1.33 bits per heavy atom. The van der Waals surface area contributed by atoms with Crippen LogP contribution in [0.2, 0.25) is 0 Å². The fourth-order valence-electron chi connectivity index (χ4n) is 2.50. The number of hydrogen-bond acceptors (Lipinski definition) is 1. The third-order valence-electron chi connectivity index (χ3n) is 3.16. The van der Waals surface area contributed by atoms with Crippen molar-refractivity contribution in [3.8, 4) is 0 Å². The van der Waals surface area contributed by atoms with Crippen LogP contribution in [0.3, 0.4) is 0 Å². The Morgan fingerprint density at radius 3 is 1.78 bits per heavy atom. The Kier molecular flexibility index (Phi) is 2.57. The topological polar surface area (TPSA) is 22.0 Å². The minimum absolute atomic E-state index is 0.598. The van der Waals surface area contributed by atoms with Crippen molar-refractivity contribution in [3.63, 3.8) is 0 Å². The Hall–Kier alpha value is -1.53. The molecule has 3 rings (SSSR count). The maximum absolute atomic E-state index is 12.1. The average Bonchev–Trinajstić information content (AvgIpc) is 2.64. The summed E-state index contributed by atoms with van der Waals surface area (Å²) in [5, 5.41) is 2.48. The van der Waals surface area contributed by atoms with E-state index in [0.717, 1.165) is 0 Å². The second-order valence-corrected chi connectivity index (χ2v) is 8.61. The standard InChI is InChI=1S/C15H16NOP/c1-18(2,17)11-16-14-9-5-3-7-12(14)13-8-4-6-10-15(13)16/h3-10H,11H2,1-2H3. The SMILES string of the molecule is CP(C)(=O)Cn1c2ccccc2c2ccccc21. The van der Waals surface area contributed by atoms with E-state index in [9.17, 15) is 4.57 Å². The van der Waals surface area contributed by atoms with Crippen molar-refractivity contribution in [1.29, 1.82) is 0 Å². The molecule has 0 spiro atoms. The Balaban J connectivity index is 2.42. The molecule has 0 aliphatic rings. The molecule has 2 nitrogen and oxygen atoms in total. The monoisotopic (exact) mass is 257 g/mol. The minimum atomic E-state index is -2.10. The van der Waals surface area contributed by atoms with E-state index in [0.29, 0.717) is 6.29 Å². The summed E-state index contributed by atoms with van der Waals surface area (Å²) in [6, 6.07) is 16.6. The van der Waals surface area contributed by atoms with Crippen LogP contribution in [0.4, 0.5) is 0 Å². The number of hydrogen-bond donors (Lipinski definition) is 0. The van der Waals surface area contributed by atoms with Gasteiger partial charge in [-0.1, -0.05) is 36.4 Å². The zero-order valence-electron chi connectivity index (χ0n) is 10.6. The van der Waals surface area contributed by atoms with E-state index in [1.165, 1.54) is 21.8 Å². The van der Waals surface area contributed by atoms with Crippen molar-refractivity contribution in [2.24, 2.45) is 0 Å². The number of para-hydroxylation sites is 2. The van der Waals surface area contributed by atoms with Crippen LogP contribution in [0.5, 0.6) is 0 Å². The molecule has 0 saturated carbocycles. The first-order valence-corrected chi connectivity index (χ1v) is 8.85. The molecule has 3 heteroatoms. The molecule has 0 amide bonds. The maximum atomic E-state index is 12.1. The Morgan fingerprint density at radius 1 is 0.889 bits per heavy atom. The molecule has 0 saturated heterocycles. The average molecular weight is 257 g/mol. The molecular formula is C15H16NOP. The summed E-state index contributed by atoms with van der Waals surface area (Å²) in [4.78, 5) is 0. The minimum Gasteiger partial charge on any atom is -0.333 e. The molecule has 1 aromatic heterocycles. The molecule has 0 unspecified atom stereocenters. The van der Waals surface area contributed by atoms with Crippen LogP contribution in [0, 0.1) is 0 Å². The summed E-state index contributed by atoms with van der Waals surface area (Å²) in [7, 11) is -2.10. The summed E-state index contributed by atoms with van der Waals surface area (Å²) >= 11 is 0. The third kappa shape index (κ3) is 1.87. The molecule has 2 aromatic carbocycles. The van der Waals surface area contributed by atoms with Crippen LogP contribution in [0.25, 0.3) is 21.8 Å². The molecular weight excluding hydrogens is 241 g/mol. The lowest BCUT2D eigenvalue weighted by Gasteiger charge is -2.11. The first-order chi connectivity index (χ1) is 8.56. The lowest BCUT2D eigenvalue weighted by Crippen LogP contribution is -1.97. The van der Waals surface area contributed by atoms with Gasteiger partial charge in [0.2, 0.25) is 0 Å². The molecule has 3 aromatic rings. The first-order valence-electron chi connectivity index (χ1n) is 6.06. The lowest BCUT2D eigenvalue weighted by atomic mass is 10.2. The number of benzene rings is 2. The quantitative estimate of drug-likeness (QED) is 0.625. The van der Waals surface area contributed by atoms with E-state index in [4.69, 9.17) is 0 Å². The highest BCUT2D eigenvalue weighted by Gasteiger charge is 2.14. The van der Waals surface area contributed by atoms with Crippen LogP contribution in [-0.4, -0.2) is 17.9 Å². The molecule has 0 aliphatic heterocycles. The lowest BCUT2D eigenvalue weighted by molar-refractivity contribution is 0.576. The smallest absolute Gasteiger partial charge is 0.101 e. The van der Waals surface area contributed by atoms with Gasteiger partial charge >= 0.3 is 0 Å². The van der Waals surface area contributed by atoms with Gasteiger partial charge in [0.1, 0.15) is 7.14 Å². The highest BCUT2D eigenvalue weighted by molar-refractivity contribution is 7.61. The zero-order chi connectivity index (χ0) is 12.8. The van der Waals surface area contributed by atoms with Crippen molar-refractivity contribution in [2.75, 3.05) is 13.3 Å². The van der Waals surface area contributed by atoms with Gasteiger partial charge in [0, 0.05) is 21.8 Å². The predicted molar refractivity (Wildman–Crippen MR) is 78.9 cm³/mol. The van der Waals surface area contributed by atoms with Crippen LogP contribution >= 0.6 is 7.14 Å². The molecule has 0 aliphatic carbocycles. The van der Waals surface area contributed by atoms with Crippen LogP contribution < -0.4 is 0 Å². The van der Waals surface area contributed by atoms with Gasteiger partial charge in [-0.3, -0.25) is 0 Å². The van der Waals surface area contributed by atoms with Gasteiger partial charge < -0.3 is 9.13 Å². The highest BCUT2D eigenvalue weighted by Crippen LogP contribution is 2.41. The molecule has 1 heterocycles. The van der Waals surface area contributed by atoms with Gasteiger partial charge in [0.05, 0.1) is 6.29 Å². The predicted octanol–water partition coefficient (Wildman–Crippen LogP) is 4.37. The van der Waals surface area contributed by atoms with Crippen molar-refractivity contribution in [1.82, 2.24) is 4.57 Å².